The summed E-state index contributed by atoms with van der Waals surface area (Å²) in [5, 5.41) is 9.88. The summed E-state index contributed by atoms with van der Waals surface area (Å²) >= 11 is 0. The third-order valence-corrected chi connectivity index (χ3v) is 4.64. The van der Waals surface area contributed by atoms with Gasteiger partial charge in [-0.25, -0.2) is 0 Å². The summed E-state index contributed by atoms with van der Waals surface area (Å²) in [5.41, 5.74) is -0.0397. The molecule has 1 aliphatic heterocycles. The van der Waals surface area contributed by atoms with Gasteiger partial charge in [0.1, 0.15) is 5.92 Å². The van der Waals surface area contributed by atoms with Crippen molar-refractivity contribution in [1.29, 1.82) is 5.41 Å². The standard InChI is InChI=1S/C22H14F3NO2/c23-22(24,25)16-9-4-8-15(11-16)19-20(27)18(28-21(19)26)12-14-7-3-6-13-5-1-2-10-17(13)14/h1-12,19,26H. The fourth-order valence-electron chi connectivity index (χ4n) is 3.30. The number of Topliss-reactive ketones (excluding diaryl/α,β-unsaturated/α-hetero) is 1. The maximum atomic E-state index is 13.0. The van der Waals surface area contributed by atoms with E-state index in [1.807, 2.05) is 42.5 Å². The summed E-state index contributed by atoms with van der Waals surface area (Å²) in [6.45, 7) is 0. The third kappa shape index (κ3) is 3.17. The van der Waals surface area contributed by atoms with Crippen molar-refractivity contribution in [2.45, 2.75) is 12.1 Å². The number of ether oxygens (including phenoxy) is 1. The van der Waals surface area contributed by atoms with E-state index in [2.05, 4.69) is 0 Å². The SMILES string of the molecule is N=C1OC(=Cc2cccc3ccccc23)C(=O)C1c1cccc(C(F)(F)F)c1. The van der Waals surface area contributed by atoms with Crippen molar-refractivity contribution in [3.05, 3.63) is 89.2 Å². The number of fused-ring (bicyclic) bond motifs is 1. The number of allylic oxidation sites excluding steroid dienone is 1. The van der Waals surface area contributed by atoms with Crippen molar-refractivity contribution in [1.82, 2.24) is 0 Å². The van der Waals surface area contributed by atoms with Crippen LogP contribution in [0.1, 0.15) is 22.6 Å². The first-order valence-corrected chi connectivity index (χ1v) is 8.52. The first kappa shape index (κ1) is 18.0. The van der Waals surface area contributed by atoms with Gasteiger partial charge in [0, 0.05) is 0 Å². The van der Waals surface area contributed by atoms with Gasteiger partial charge >= 0.3 is 6.18 Å². The molecule has 3 aromatic carbocycles. The number of rotatable bonds is 2. The van der Waals surface area contributed by atoms with Crippen molar-refractivity contribution in [2.24, 2.45) is 0 Å². The quantitative estimate of drug-likeness (QED) is 0.591. The Kier molecular flexibility index (Phi) is 4.26. The molecule has 0 aromatic heterocycles. The first-order valence-electron chi connectivity index (χ1n) is 8.52. The van der Waals surface area contributed by atoms with Crippen LogP contribution in [-0.2, 0) is 15.7 Å². The second kappa shape index (κ2) is 6.64. The Bertz CT molecular complexity index is 1130. The molecule has 3 nitrogen and oxygen atoms in total. The molecule has 1 saturated heterocycles. The highest BCUT2D eigenvalue weighted by Crippen LogP contribution is 2.35. The van der Waals surface area contributed by atoms with E-state index in [4.69, 9.17) is 10.1 Å². The molecule has 28 heavy (non-hydrogen) atoms. The summed E-state index contributed by atoms with van der Waals surface area (Å²) in [5.74, 6) is -2.14. The fraction of sp³-hybridized carbons (Fsp3) is 0.0909. The fourth-order valence-corrected chi connectivity index (χ4v) is 3.30. The summed E-state index contributed by atoms with van der Waals surface area (Å²) in [4.78, 5) is 12.8. The van der Waals surface area contributed by atoms with Crippen LogP contribution in [0.3, 0.4) is 0 Å². The van der Waals surface area contributed by atoms with Crippen molar-refractivity contribution in [3.63, 3.8) is 0 Å². The zero-order chi connectivity index (χ0) is 19.9. The van der Waals surface area contributed by atoms with Crippen LogP contribution in [0.25, 0.3) is 16.8 Å². The van der Waals surface area contributed by atoms with Crippen molar-refractivity contribution < 1.29 is 22.7 Å². The van der Waals surface area contributed by atoms with Crippen molar-refractivity contribution in [2.75, 3.05) is 0 Å². The zero-order valence-electron chi connectivity index (χ0n) is 14.5. The maximum absolute atomic E-state index is 13.0. The van der Waals surface area contributed by atoms with Gasteiger partial charge in [-0.2, -0.15) is 13.2 Å². The highest BCUT2D eigenvalue weighted by Gasteiger charge is 2.39. The average molecular weight is 381 g/mol. The monoisotopic (exact) mass is 381 g/mol. The predicted octanol–water partition coefficient (Wildman–Crippen LogP) is 5.56. The van der Waals surface area contributed by atoms with E-state index in [-0.39, 0.29) is 17.2 Å². The molecule has 1 atom stereocenters. The van der Waals surface area contributed by atoms with Gasteiger partial charge in [-0.3, -0.25) is 10.2 Å². The van der Waals surface area contributed by atoms with E-state index in [0.29, 0.717) is 0 Å². The Morgan fingerprint density at radius 2 is 1.68 bits per heavy atom. The average Bonchev–Trinajstić information content (AvgIpc) is 2.95. The smallest absolute Gasteiger partial charge is 0.416 e. The number of hydrogen-bond acceptors (Lipinski definition) is 3. The van der Waals surface area contributed by atoms with Crippen molar-refractivity contribution in [3.8, 4) is 0 Å². The Hall–Kier alpha value is -3.41. The molecule has 1 unspecified atom stereocenters. The van der Waals surface area contributed by atoms with E-state index in [9.17, 15) is 18.0 Å². The minimum absolute atomic E-state index is 0.0521. The topological polar surface area (TPSA) is 50.1 Å². The Balaban J connectivity index is 1.73. The highest BCUT2D eigenvalue weighted by atomic mass is 19.4. The summed E-state index contributed by atoms with van der Waals surface area (Å²) in [6, 6.07) is 17.6. The number of nitrogens with one attached hydrogen (secondary N) is 1. The molecule has 6 heteroatoms. The zero-order valence-corrected chi connectivity index (χ0v) is 14.5. The minimum Gasteiger partial charge on any atom is -0.439 e. The molecular weight excluding hydrogens is 367 g/mol. The van der Waals surface area contributed by atoms with Crippen LogP contribution in [0.4, 0.5) is 13.2 Å². The van der Waals surface area contributed by atoms with Gasteiger partial charge in [-0.15, -0.1) is 0 Å². The summed E-state index contributed by atoms with van der Waals surface area (Å²) < 4.78 is 44.3. The lowest BCUT2D eigenvalue weighted by Crippen LogP contribution is -2.14. The number of ketones is 1. The maximum Gasteiger partial charge on any atom is 0.416 e. The lowest BCUT2D eigenvalue weighted by Gasteiger charge is -2.10. The molecule has 0 saturated carbocycles. The minimum atomic E-state index is -4.53. The molecule has 0 radical (unpaired) electrons. The van der Waals surface area contributed by atoms with Crippen LogP contribution in [0.15, 0.2) is 72.5 Å². The molecule has 0 bridgehead atoms. The Morgan fingerprint density at radius 1 is 0.964 bits per heavy atom. The molecule has 1 aliphatic rings. The van der Waals surface area contributed by atoms with Gasteiger partial charge in [0.05, 0.1) is 5.56 Å². The van der Waals surface area contributed by atoms with Crippen LogP contribution >= 0.6 is 0 Å². The molecule has 1 N–H and O–H groups in total. The number of halogens is 3. The van der Waals surface area contributed by atoms with E-state index in [1.165, 1.54) is 18.2 Å². The van der Waals surface area contributed by atoms with Gasteiger partial charge in [-0.1, -0.05) is 60.7 Å². The van der Waals surface area contributed by atoms with E-state index >= 15 is 0 Å². The number of carbonyl (C=O) groups is 1. The molecule has 0 spiro atoms. The van der Waals surface area contributed by atoms with E-state index in [0.717, 1.165) is 28.5 Å². The lowest BCUT2D eigenvalue weighted by atomic mass is 9.93. The highest BCUT2D eigenvalue weighted by molar-refractivity contribution is 6.20. The van der Waals surface area contributed by atoms with Crippen LogP contribution < -0.4 is 0 Å². The Morgan fingerprint density at radius 3 is 2.46 bits per heavy atom. The van der Waals surface area contributed by atoms with Crippen LogP contribution in [-0.4, -0.2) is 11.7 Å². The Labute approximate surface area is 158 Å². The number of benzene rings is 3. The van der Waals surface area contributed by atoms with Crippen LogP contribution in [0.2, 0.25) is 0 Å². The largest absolute Gasteiger partial charge is 0.439 e. The molecule has 3 aromatic rings. The number of alkyl halides is 3. The summed E-state index contributed by atoms with van der Waals surface area (Å²) in [6.07, 6.45) is -2.99. The third-order valence-electron chi connectivity index (χ3n) is 4.64. The normalized spacial score (nSPS) is 18.7. The van der Waals surface area contributed by atoms with E-state index in [1.54, 1.807) is 0 Å². The molecule has 1 heterocycles. The summed E-state index contributed by atoms with van der Waals surface area (Å²) in [7, 11) is 0. The predicted molar refractivity (Wildman–Crippen MR) is 99.9 cm³/mol. The van der Waals surface area contributed by atoms with Gasteiger partial charge in [0.2, 0.25) is 11.7 Å². The number of carbonyl (C=O) groups excluding carboxylic acids is 1. The molecule has 4 rings (SSSR count). The van der Waals surface area contributed by atoms with Gasteiger partial charge in [0.25, 0.3) is 0 Å². The lowest BCUT2D eigenvalue weighted by molar-refractivity contribution is -0.137. The molecule has 0 aliphatic carbocycles. The van der Waals surface area contributed by atoms with Gasteiger partial charge in [0.15, 0.2) is 5.76 Å². The second-order valence-corrected chi connectivity index (χ2v) is 6.46. The molecule has 140 valence electrons. The van der Waals surface area contributed by atoms with E-state index < -0.39 is 23.4 Å². The molecule has 0 amide bonds. The van der Waals surface area contributed by atoms with Crippen LogP contribution in [0, 0.1) is 5.41 Å². The van der Waals surface area contributed by atoms with Gasteiger partial charge in [-0.05, 0) is 34.0 Å². The van der Waals surface area contributed by atoms with Gasteiger partial charge < -0.3 is 4.74 Å². The first-order chi connectivity index (χ1) is 13.3. The molecular formula is C22H14F3NO2. The van der Waals surface area contributed by atoms with Crippen LogP contribution in [0.5, 0.6) is 0 Å². The number of hydrogen-bond donors (Lipinski definition) is 1. The second-order valence-electron chi connectivity index (χ2n) is 6.46. The molecule has 1 fully saturated rings. The van der Waals surface area contributed by atoms with Crippen molar-refractivity contribution >= 4 is 28.5 Å².